The van der Waals surface area contributed by atoms with E-state index in [0.717, 1.165) is 42.9 Å². The van der Waals surface area contributed by atoms with Gasteiger partial charge in [-0.15, -0.1) is 0 Å². The molecular formula is C22H32O2. The minimum Gasteiger partial charge on any atom is -0.393 e. The zero-order valence-electron chi connectivity index (χ0n) is 15.0. The van der Waals surface area contributed by atoms with Crippen molar-refractivity contribution >= 4 is 5.78 Å². The Morgan fingerprint density at radius 1 is 1.04 bits per heavy atom. The summed E-state index contributed by atoms with van der Waals surface area (Å²) < 4.78 is 0. The molecule has 0 amide bonds. The molecule has 24 heavy (non-hydrogen) atoms. The highest BCUT2D eigenvalue weighted by Gasteiger charge is 2.61. The lowest BCUT2D eigenvalue weighted by molar-refractivity contribution is -0.138. The molecule has 5 rings (SSSR count). The second-order valence-electron chi connectivity index (χ2n) is 10.0. The van der Waals surface area contributed by atoms with E-state index in [4.69, 9.17) is 0 Å². The quantitative estimate of drug-likeness (QED) is 0.710. The van der Waals surface area contributed by atoms with Gasteiger partial charge < -0.3 is 5.11 Å². The van der Waals surface area contributed by atoms with Crippen LogP contribution in [0.1, 0.15) is 71.1 Å². The van der Waals surface area contributed by atoms with Crippen molar-refractivity contribution < 1.29 is 9.90 Å². The van der Waals surface area contributed by atoms with Crippen molar-refractivity contribution in [1.82, 2.24) is 0 Å². The van der Waals surface area contributed by atoms with Gasteiger partial charge in [0, 0.05) is 6.42 Å². The Morgan fingerprint density at radius 2 is 1.92 bits per heavy atom. The third-order valence-electron chi connectivity index (χ3n) is 9.44. The van der Waals surface area contributed by atoms with Crippen molar-refractivity contribution in [3.8, 4) is 0 Å². The molecular weight excluding hydrogens is 296 g/mol. The average molecular weight is 328 g/mol. The predicted molar refractivity (Wildman–Crippen MR) is 94.3 cm³/mol. The molecule has 8 atom stereocenters. The van der Waals surface area contributed by atoms with Gasteiger partial charge in [0.2, 0.25) is 0 Å². The number of carbonyl (C=O) groups excluding carboxylic acids is 1. The molecule has 2 heteroatoms. The van der Waals surface area contributed by atoms with E-state index in [9.17, 15) is 9.90 Å². The summed E-state index contributed by atoms with van der Waals surface area (Å²) in [5.74, 6) is 4.29. The molecule has 1 N–H and O–H groups in total. The van der Waals surface area contributed by atoms with Gasteiger partial charge in [-0.1, -0.05) is 13.0 Å². The molecule has 0 aliphatic heterocycles. The molecule has 0 radical (unpaired) electrons. The van der Waals surface area contributed by atoms with E-state index in [0.29, 0.717) is 22.5 Å². The lowest BCUT2D eigenvalue weighted by atomic mass is 9.43. The van der Waals surface area contributed by atoms with Crippen LogP contribution in [-0.2, 0) is 4.79 Å². The number of aliphatic hydroxyl groups is 1. The Hall–Kier alpha value is -0.630. The lowest BCUT2D eigenvalue weighted by Crippen LogP contribution is -2.55. The highest BCUT2D eigenvalue weighted by molar-refractivity contribution is 5.91. The Morgan fingerprint density at radius 3 is 2.79 bits per heavy atom. The fourth-order valence-electron chi connectivity index (χ4n) is 8.33. The van der Waals surface area contributed by atoms with E-state index in [2.05, 4.69) is 13.0 Å². The van der Waals surface area contributed by atoms with Crippen molar-refractivity contribution in [2.24, 2.45) is 40.4 Å². The molecule has 5 aliphatic carbocycles. The zero-order chi connectivity index (χ0) is 16.5. The molecule has 0 aromatic carbocycles. The summed E-state index contributed by atoms with van der Waals surface area (Å²) in [7, 11) is 0. The van der Waals surface area contributed by atoms with Crippen molar-refractivity contribution in [2.75, 3.05) is 0 Å². The van der Waals surface area contributed by atoms with Crippen LogP contribution in [-0.4, -0.2) is 17.0 Å². The molecule has 0 aromatic heterocycles. The summed E-state index contributed by atoms with van der Waals surface area (Å²) >= 11 is 0. The van der Waals surface area contributed by atoms with E-state index in [1.54, 1.807) is 0 Å². The third kappa shape index (κ3) is 1.95. The van der Waals surface area contributed by atoms with E-state index < -0.39 is 0 Å². The molecule has 4 fully saturated rings. The average Bonchev–Trinajstić information content (AvgIpc) is 2.94. The Labute approximate surface area is 146 Å². The first-order valence-corrected chi connectivity index (χ1v) is 10.4. The molecule has 4 saturated carbocycles. The first kappa shape index (κ1) is 15.6. The van der Waals surface area contributed by atoms with E-state index >= 15 is 0 Å². The van der Waals surface area contributed by atoms with Crippen molar-refractivity contribution in [1.29, 1.82) is 0 Å². The first-order chi connectivity index (χ1) is 11.5. The second-order valence-corrected chi connectivity index (χ2v) is 10.0. The van der Waals surface area contributed by atoms with Gasteiger partial charge in [0.15, 0.2) is 5.78 Å². The zero-order valence-corrected chi connectivity index (χ0v) is 15.0. The van der Waals surface area contributed by atoms with Gasteiger partial charge in [-0.3, -0.25) is 4.79 Å². The van der Waals surface area contributed by atoms with Gasteiger partial charge in [-0.2, -0.15) is 0 Å². The van der Waals surface area contributed by atoms with Crippen molar-refractivity contribution in [2.45, 2.75) is 77.2 Å². The number of hydrogen-bond donors (Lipinski definition) is 1. The molecule has 1 spiro atoms. The summed E-state index contributed by atoms with van der Waals surface area (Å²) in [6.07, 6.45) is 16.2. The number of rotatable bonds is 0. The maximum absolute atomic E-state index is 12.2. The molecule has 0 aromatic rings. The number of carbonyl (C=O) groups is 1. The normalized spacial score (nSPS) is 56.2. The highest BCUT2D eigenvalue weighted by atomic mass is 16.3. The summed E-state index contributed by atoms with van der Waals surface area (Å²) in [5.41, 5.74) is 0.779. The van der Waals surface area contributed by atoms with Gasteiger partial charge in [0.25, 0.3) is 0 Å². The highest BCUT2D eigenvalue weighted by Crippen LogP contribution is 2.69. The van der Waals surface area contributed by atoms with E-state index in [1.807, 2.05) is 6.08 Å². The fraction of sp³-hybridized carbons (Fsp3) is 0.864. The standard InChI is InChI=1S/C22H32O2/c1-21-10-8-16(23)12-15(21)3-6-18-19(21)9-11-22-13-17(24)5-2-14(22)4-7-20(18)22/h2,5,14-16,18-20,23H,3-4,6-13H2,1H3/t14-,15+,16+,18+,19-,20-,21-,22-/m0/s1. The van der Waals surface area contributed by atoms with Crippen LogP contribution < -0.4 is 0 Å². The molecule has 0 heterocycles. The van der Waals surface area contributed by atoms with Crippen LogP contribution in [0.25, 0.3) is 0 Å². The largest absolute Gasteiger partial charge is 0.393 e. The number of fused-ring (bicyclic) bond motifs is 4. The fourth-order valence-corrected chi connectivity index (χ4v) is 8.33. The summed E-state index contributed by atoms with van der Waals surface area (Å²) in [6, 6.07) is 0. The lowest BCUT2D eigenvalue weighted by Gasteiger charge is -2.61. The van der Waals surface area contributed by atoms with Crippen LogP contribution in [0.5, 0.6) is 0 Å². The second kappa shape index (κ2) is 5.19. The molecule has 0 saturated heterocycles. The van der Waals surface area contributed by atoms with Crippen LogP contribution in [0.4, 0.5) is 0 Å². The van der Waals surface area contributed by atoms with Gasteiger partial charge in [-0.25, -0.2) is 0 Å². The SMILES string of the molecule is C[C@]12CC[C@@H](O)C[C@H]1CC[C@@H]1[C@@H]2CC[C@]23CC(=O)C=C[C@H]2CC[C@@H]13. The molecule has 0 bridgehead atoms. The monoisotopic (exact) mass is 328 g/mol. The number of ketones is 1. The molecule has 2 nitrogen and oxygen atoms in total. The molecule has 5 aliphatic rings. The minimum atomic E-state index is -0.0495. The maximum Gasteiger partial charge on any atom is 0.155 e. The van der Waals surface area contributed by atoms with Gasteiger partial charge in [0.1, 0.15) is 0 Å². The Bertz CT molecular complexity index is 581. The van der Waals surface area contributed by atoms with E-state index in [-0.39, 0.29) is 6.10 Å². The number of aliphatic hydroxyl groups excluding tert-OH is 1. The van der Waals surface area contributed by atoms with Crippen molar-refractivity contribution in [3.05, 3.63) is 12.2 Å². The topological polar surface area (TPSA) is 37.3 Å². The summed E-state index contributed by atoms with van der Waals surface area (Å²) in [6.45, 7) is 2.55. The van der Waals surface area contributed by atoms with Crippen LogP contribution in [0.2, 0.25) is 0 Å². The first-order valence-electron chi connectivity index (χ1n) is 10.4. The van der Waals surface area contributed by atoms with Gasteiger partial charge in [0.05, 0.1) is 6.10 Å². The van der Waals surface area contributed by atoms with E-state index in [1.165, 1.54) is 44.9 Å². The number of hydrogen-bond acceptors (Lipinski definition) is 2. The summed E-state index contributed by atoms with van der Waals surface area (Å²) in [5, 5.41) is 10.1. The van der Waals surface area contributed by atoms with Crippen LogP contribution in [0.3, 0.4) is 0 Å². The maximum atomic E-state index is 12.2. The third-order valence-corrected chi connectivity index (χ3v) is 9.44. The van der Waals surface area contributed by atoms with Crippen LogP contribution in [0.15, 0.2) is 12.2 Å². The van der Waals surface area contributed by atoms with Crippen LogP contribution >= 0.6 is 0 Å². The molecule has 132 valence electrons. The van der Waals surface area contributed by atoms with Gasteiger partial charge >= 0.3 is 0 Å². The Balaban J connectivity index is 1.47. The number of allylic oxidation sites excluding steroid dienone is 2. The smallest absolute Gasteiger partial charge is 0.155 e. The van der Waals surface area contributed by atoms with Crippen LogP contribution in [0, 0.1) is 40.4 Å². The van der Waals surface area contributed by atoms with Gasteiger partial charge in [-0.05, 0) is 104 Å². The van der Waals surface area contributed by atoms with Crippen molar-refractivity contribution in [3.63, 3.8) is 0 Å². The predicted octanol–water partition coefficient (Wildman–Crippen LogP) is 4.52. The Kier molecular flexibility index (Phi) is 3.38. The molecule has 0 unspecified atom stereocenters. The minimum absolute atomic E-state index is 0.0495. The summed E-state index contributed by atoms with van der Waals surface area (Å²) in [4.78, 5) is 12.2.